The van der Waals surface area contributed by atoms with Gasteiger partial charge in [-0.2, -0.15) is 4.63 Å². The Kier molecular flexibility index (Phi) is 5.76. The highest BCUT2D eigenvalue weighted by Crippen LogP contribution is 2.47. The molecule has 8 heteroatoms. The Morgan fingerprint density at radius 2 is 1.70 bits per heavy atom. The molecule has 2 atom stereocenters. The van der Waals surface area contributed by atoms with Gasteiger partial charge in [-0.3, -0.25) is 0 Å². The van der Waals surface area contributed by atoms with Crippen molar-refractivity contribution >= 4 is 17.3 Å². The minimum atomic E-state index is -3.73. The first-order chi connectivity index (χ1) is 12.6. The smallest absolute Gasteiger partial charge is 0.393 e. The lowest BCUT2D eigenvalue weighted by Crippen LogP contribution is -2.52. The van der Waals surface area contributed by atoms with Gasteiger partial charge in [0, 0.05) is 0 Å². The second kappa shape index (κ2) is 7.48. The predicted molar refractivity (Wildman–Crippen MR) is 104 cm³/mol. The summed E-state index contributed by atoms with van der Waals surface area (Å²) in [5.41, 5.74) is -1.31. The lowest BCUT2D eigenvalue weighted by atomic mass is 9.68. The lowest BCUT2D eigenvalue weighted by Gasteiger charge is -2.45. The van der Waals surface area contributed by atoms with Crippen LogP contribution in [0.5, 0.6) is 0 Å². The van der Waals surface area contributed by atoms with Gasteiger partial charge >= 0.3 is 7.25 Å². The first-order valence-corrected chi connectivity index (χ1v) is 11.1. The minimum absolute atomic E-state index is 0.159. The number of nitrogens with one attached hydrogen (secondary N) is 1. The zero-order valence-corrected chi connectivity index (χ0v) is 17.3. The van der Waals surface area contributed by atoms with Crippen LogP contribution in [0.4, 0.5) is 0 Å². The van der Waals surface area contributed by atoms with Gasteiger partial charge in [0.25, 0.3) is 0 Å². The Morgan fingerprint density at radius 1 is 1.11 bits per heavy atom. The summed E-state index contributed by atoms with van der Waals surface area (Å²) < 4.78 is 40.0. The second-order valence-corrected chi connectivity index (χ2v) is 10.2. The minimum Gasteiger partial charge on any atom is -0.393 e. The van der Waals surface area contributed by atoms with E-state index in [0.29, 0.717) is 5.92 Å². The number of sulfonamides is 1. The van der Waals surface area contributed by atoms with Crippen molar-refractivity contribution in [1.82, 2.24) is 4.63 Å². The third-order valence-electron chi connectivity index (χ3n) is 6.57. The first-order valence-electron chi connectivity index (χ1n) is 9.66. The average molecular weight is 395 g/mol. The second-order valence-electron chi connectivity index (χ2n) is 8.48. The van der Waals surface area contributed by atoms with Crippen LogP contribution in [0.2, 0.25) is 0 Å². The molecule has 1 aromatic rings. The molecule has 0 amide bonds. The van der Waals surface area contributed by atoms with Crippen molar-refractivity contribution in [3.05, 3.63) is 30.3 Å². The Labute approximate surface area is 162 Å². The Morgan fingerprint density at radius 3 is 2.30 bits per heavy atom. The van der Waals surface area contributed by atoms with E-state index in [-0.39, 0.29) is 16.9 Å². The quantitative estimate of drug-likeness (QED) is 0.749. The van der Waals surface area contributed by atoms with Gasteiger partial charge in [0.1, 0.15) is 0 Å². The molecule has 2 N–H and O–H groups in total. The maximum absolute atomic E-state index is 12.6. The van der Waals surface area contributed by atoms with Crippen LogP contribution >= 0.6 is 0 Å². The molecule has 1 saturated heterocycles. The molecule has 1 saturated carbocycles. The highest BCUT2D eigenvalue weighted by Gasteiger charge is 2.59. The third-order valence-corrected chi connectivity index (χ3v) is 7.97. The van der Waals surface area contributed by atoms with Gasteiger partial charge < -0.3 is 14.4 Å². The van der Waals surface area contributed by atoms with Crippen LogP contribution in [0.15, 0.2) is 35.2 Å². The number of aliphatic hydroxyl groups is 1. The Bertz CT molecular complexity index is 749. The van der Waals surface area contributed by atoms with Crippen LogP contribution in [0, 0.1) is 11.8 Å². The molecule has 27 heavy (non-hydrogen) atoms. The fraction of sp³-hybridized carbons (Fsp3) is 0.684. The van der Waals surface area contributed by atoms with E-state index < -0.39 is 28.5 Å². The average Bonchev–Trinajstić information content (AvgIpc) is 2.84. The van der Waals surface area contributed by atoms with E-state index in [1.807, 2.05) is 20.8 Å². The monoisotopic (exact) mass is 395 g/mol. The lowest BCUT2D eigenvalue weighted by molar-refractivity contribution is -0.0756. The molecular weight excluding hydrogens is 365 g/mol. The van der Waals surface area contributed by atoms with Crippen molar-refractivity contribution in [2.24, 2.45) is 11.8 Å². The number of aliphatic hydroxyl groups excluding tert-OH is 1. The van der Waals surface area contributed by atoms with Crippen LogP contribution < -0.4 is 4.63 Å². The van der Waals surface area contributed by atoms with E-state index in [9.17, 15) is 13.5 Å². The van der Waals surface area contributed by atoms with Gasteiger partial charge in [-0.15, -0.1) is 0 Å². The molecule has 150 valence electrons. The number of hydrogen-bond acceptors (Lipinski definition) is 5. The van der Waals surface area contributed by atoms with Crippen LogP contribution in [-0.4, -0.2) is 38.1 Å². The zero-order valence-electron chi connectivity index (χ0n) is 16.5. The number of hydrogen-bond donors (Lipinski definition) is 2. The fourth-order valence-corrected chi connectivity index (χ4v) is 5.32. The summed E-state index contributed by atoms with van der Waals surface area (Å²) in [5.74, 6) is 0.567. The molecule has 2 aliphatic rings. The predicted octanol–water partition coefficient (Wildman–Crippen LogP) is 2.72. The van der Waals surface area contributed by atoms with Crippen molar-refractivity contribution < 1.29 is 22.8 Å². The van der Waals surface area contributed by atoms with Crippen molar-refractivity contribution in [3.63, 3.8) is 0 Å². The van der Waals surface area contributed by atoms with Gasteiger partial charge in [-0.25, -0.2) is 8.42 Å². The molecule has 3 rings (SSSR count). The number of rotatable bonds is 5. The van der Waals surface area contributed by atoms with Crippen LogP contribution in [0.3, 0.4) is 0 Å². The van der Waals surface area contributed by atoms with Gasteiger partial charge in [0.15, 0.2) is 0 Å². The molecular formula is C19H30BNO5S. The molecule has 6 nitrogen and oxygen atoms in total. The standard InChI is InChI=1S/C19H30BNO5S/c1-14(15-10-12-16(22)13-11-15)19(4)18(2,3)25-20(26-19)21-27(23,24)17-8-6-5-7-9-17/h5-9,14-16,21-22H,10-13H2,1-4H3. The summed E-state index contributed by atoms with van der Waals surface area (Å²) in [4.78, 5) is 0.179. The van der Waals surface area contributed by atoms with Crippen molar-refractivity contribution in [2.45, 2.75) is 75.6 Å². The molecule has 1 aliphatic heterocycles. The summed E-state index contributed by atoms with van der Waals surface area (Å²) in [6, 6.07) is 8.21. The van der Waals surface area contributed by atoms with Crippen molar-refractivity contribution in [1.29, 1.82) is 0 Å². The highest BCUT2D eigenvalue weighted by molar-refractivity contribution is 7.90. The van der Waals surface area contributed by atoms with Crippen LogP contribution in [-0.2, 0) is 19.3 Å². The molecule has 2 unspecified atom stereocenters. The summed E-state index contributed by atoms with van der Waals surface area (Å²) >= 11 is 0. The summed E-state index contributed by atoms with van der Waals surface area (Å²) in [6.07, 6.45) is 3.28. The highest BCUT2D eigenvalue weighted by atomic mass is 32.2. The van der Waals surface area contributed by atoms with E-state index >= 15 is 0 Å². The van der Waals surface area contributed by atoms with E-state index in [0.717, 1.165) is 25.7 Å². The molecule has 0 aromatic heterocycles. The molecule has 0 spiro atoms. The molecule has 2 fully saturated rings. The molecule has 1 heterocycles. The van der Waals surface area contributed by atoms with E-state index in [2.05, 4.69) is 11.6 Å². The maximum Gasteiger partial charge on any atom is 0.570 e. The number of benzene rings is 1. The van der Waals surface area contributed by atoms with Gasteiger partial charge in [-0.1, -0.05) is 25.1 Å². The summed E-state index contributed by atoms with van der Waals surface area (Å²) in [6.45, 7) is 8.02. The van der Waals surface area contributed by atoms with Gasteiger partial charge in [-0.05, 0) is 70.4 Å². The first kappa shape index (κ1) is 20.8. The van der Waals surface area contributed by atoms with Gasteiger partial charge in [0.05, 0.1) is 22.2 Å². The molecule has 1 aliphatic carbocycles. The Hall–Kier alpha value is -0.925. The van der Waals surface area contributed by atoms with Crippen LogP contribution in [0.1, 0.15) is 53.4 Å². The molecule has 0 bridgehead atoms. The third kappa shape index (κ3) is 4.10. The van der Waals surface area contributed by atoms with Crippen molar-refractivity contribution in [3.8, 4) is 0 Å². The molecule has 0 radical (unpaired) electrons. The summed E-state index contributed by atoms with van der Waals surface area (Å²) in [7, 11) is -4.77. The van der Waals surface area contributed by atoms with E-state index in [4.69, 9.17) is 9.31 Å². The maximum atomic E-state index is 12.6. The molecule has 1 aromatic carbocycles. The van der Waals surface area contributed by atoms with E-state index in [1.54, 1.807) is 18.2 Å². The Balaban J connectivity index is 1.75. The largest absolute Gasteiger partial charge is 0.570 e. The van der Waals surface area contributed by atoms with E-state index in [1.165, 1.54) is 12.1 Å². The van der Waals surface area contributed by atoms with Gasteiger partial charge in [0.2, 0.25) is 10.0 Å². The normalized spacial score (nSPS) is 32.4. The summed E-state index contributed by atoms with van der Waals surface area (Å²) in [5, 5.41) is 9.79. The SMILES string of the molecule is CC(C1CCC(O)CC1)C1(C)OB(NS(=O)(=O)c2ccccc2)OC1(C)C. The zero-order chi connectivity index (χ0) is 19.9. The van der Waals surface area contributed by atoms with Crippen LogP contribution in [0.25, 0.3) is 0 Å². The fourth-order valence-electron chi connectivity index (χ4n) is 4.32. The topological polar surface area (TPSA) is 84.9 Å². The van der Waals surface area contributed by atoms with Crippen molar-refractivity contribution in [2.75, 3.05) is 0 Å².